The predicted molar refractivity (Wildman–Crippen MR) is 226 cm³/mol. The molecule has 0 saturated carbocycles. The zero-order valence-electron chi connectivity index (χ0n) is 34.2. The van der Waals surface area contributed by atoms with Crippen LogP contribution in [0.3, 0.4) is 0 Å². The highest BCUT2D eigenvalue weighted by Crippen LogP contribution is 2.37. The number of hydrogen-bond acceptors (Lipinski definition) is 3. The van der Waals surface area contributed by atoms with E-state index in [1.807, 2.05) is 0 Å². The third-order valence-corrected chi connectivity index (χ3v) is 12.0. The van der Waals surface area contributed by atoms with Crippen LogP contribution in [0.25, 0.3) is 34.2 Å². The Labute approximate surface area is 318 Å². The molecule has 0 aliphatic carbocycles. The van der Waals surface area contributed by atoms with Crippen LogP contribution < -0.4 is 0 Å². The van der Waals surface area contributed by atoms with E-state index in [4.69, 9.17) is 15.0 Å². The van der Waals surface area contributed by atoms with Crippen LogP contribution >= 0.6 is 0 Å². The summed E-state index contributed by atoms with van der Waals surface area (Å²) in [6.45, 7) is 16.3. The lowest BCUT2D eigenvalue weighted by molar-refractivity contribution is 0.403. The number of hydrogen-bond donors (Lipinski definition) is 0. The standard InChI is InChI=1S/C49H71N3/c1-8-13-16-17-18-19-20-21-22-23-26-39-31-33-40(34-32-39)45-50-46(41-27-24-29-43(37-41)48(6,11-4)35-14-9-2)52-47(51-45)42-28-25-30-44(38-42)49(7,12-5)36-15-10-3/h24-25,27-34,37-38H,8-23,26,35-36H2,1-7H3. The minimum Gasteiger partial charge on any atom is -0.208 e. The lowest BCUT2D eigenvalue weighted by Crippen LogP contribution is -2.21. The van der Waals surface area contributed by atoms with Gasteiger partial charge in [0.15, 0.2) is 17.5 Å². The van der Waals surface area contributed by atoms with Gasteiger partial charge in [-0.15, -0.1) is 0 Å². The molecule has 52 heavy (non-hydrogen) atoms. The molecule has 0 aliphatic rings. The first-order valence-corrected chi connectivity index (χ1v) is 21.4. The van der Waals surface area contributed by atoms with Crippen molar-refractivity contribution in [3.63, 3.8) is 0 Å². The van der Waals surface area contributed by atoms with Crippen LogP contribution in [0.15, 0.2) is 72.8 Å². The van der Waals surface area contributed by atoms with Gasteiger partial charge in [-0.2, -0.15) is 0 Å². The number of benzene rings is 3. The van der Waals surface area contributed by atoms with E-state index in [-0.39, 0.29) is 10.8 Å². The summed E-state index contributed by atoms with van der Waals surface area (Å²) in [5.74, 6) is 2.24. The second-order valence-corrected chi connectivity index (χ2v) is 16.1. The highest BCUT2D eigenvalue weighted by atomic mass is 15.0. The van der Waals surface area contributed by atoms with Crippen molar-refractivity contribution in [3.8, 4) is 34.2 Å². The summed E-state index contributed by atoms with van der Waals surface area (Å²) in [5.41, 5.74) is 7.58. The minimum atomic E-state index is 0.131. The molecule has 1 aromatic heterocycles. The van der Waals surface area contributed by atoms with Crippen LogP contribution in [-0.4, -0.2) is 15.0 Å². The molecule has 0 amide bonds. The van der Waals surface area contributed by atoms with Crippen molar-refractivity contribution in [1.29, 1.82) is 0 Å². The quantitative estimate of drug-likeness (QED) is 0.0683. The molecule has 282 valence electrons. The minimum absolute atomic E-state index is 0.131. The maximum atomic E-state index is 5.21. The summed E-state index contributed by atoms with van der Waals surface area (Å²) >= 11 is 0. The Kier molecular flexibility index (Phi) is 17.0. The SMILES string of the molecule is CCCCCCCCCCCCc1ccc(-c2nc(-c3cccc(C(C)(CC)CCCC)c3)nc(-c3cccc(C(C)(CC)CCCC)c3)n2)cc1. The molecule has 2 atom stereocenters. The van der Waals surface area contributed by atoms with Gasteiger partial charge in [0.25, 0.3) is 0 Å². The molecule has 3 heteroatoms. The Hall–Kier alpha value is -3.33. The highest BCUT2D eigenvalue weighted by molar-refractivity contribution is 5.67. The van der Waals surface area contributed by atoms with E-state index in [0.29, 0.717) is 0 Å². The van der Waals surface area contributed by atoms with Crippen molar-refractivity contribution in [3.05, 3.63) is 89.5 Å². The molecule has 4 rings (SSSR count). The molecular weight excluding hydrogens is 631 g/mol. The van der Waals surface area contributed by atoms with E-state index < -0.39 is 0 Å². The van der Waals surface area contributed by atoms with Gasteiger partial charge in [-0.25, -0.2) is 15.0 Å². The lowest BCUT2D eigenvalue weighted by Gasteiger charge is -2.29. The van der Waals surface area contributed by atoms with Gasteiger partial charge in [-0.05, 0) is 78.2 Å². The molecular formula is C49H71N3. The summed E-state index contributed by atoms with van der Waals surface area (Å²) < 4.78 is 0. The van der Waals surface area contributed by atoms with Gasteiger partial charge < -0.3 is 0 Å². The number of rotatable bonds is 24. The van der Waals surface area contributed by atoms with Crippen LogP contribution in [0.5, 0.6) is 0 Å². The Balaban J connectivity index is 1.62. The molecule has 3 aromatic carbocycles. The fraction of sp³-hybridized carbons (Fsp3) is 0.571. The maximum Gasteiger partial charge on any atom is 0.164 e. The Bertz CT molecular complexity index is 1520. The first-order chi connectivity index (χ1) is 25.3. The van der Waals surface area contributed by atoms with Crippen molar-refractivity contribution in [2.75, 3.05) is 0 Å². The van der Waals surface area contributed by atoms with E-state index in [1.165, 1.54) is 119 Å². The van der Waals surface area contributed by atoms with E-state index in [1.54, 1.807) is 0 Å². The van der Waals surface area contributed by atoms with E-state index in [0.717, 1.165) is 53.4 Å². The predicted octanol–water partition coefficient (Wildman–Crippen LogP) is 15.1. The van der Waals surface area contributed by atoms with Gasteiger partial charge in [0.05, 0.1) is 0 Å². The first-order valence-electron chi connectivity index (χ1n) is 21.4. The fourth-order valence-electron chi connectivity index (χ4n) is 7.65. The summed E-state index contributed by atoms with van der Waals surface area (Å²) in [6, 6.07) is 27.0. The van der Waals surface area contributed by atoms with Crippen molar-refractivity contribution in [2.45, 2.75) is 181 Å². The van der Waals surface area contributed by atoms with Gasteiger partial charge in [0.2, 0.25) is 0 Å². The average molecular weight is 702 g/mol. The molecule has 0 N–H and O–H groups in total. The lowest BCUT2D eigenvalue weighted by atomic mass is 9.75. The van der Waals surface area contributed by atoms with E-state index in [2.05, 4.69) is 121 Å². The van der Waals surface area contributed by atoms with Gasteiger partial charge >= 0.3 is 0 Å². The summed E-state index contributed by atoms with van der Waals surface area (Å²) in [6.07, 6.45) is 24.3. The Morgan fingerprint density at radius 2 is 0.827 bits per heavy atom. The number of aryl methyl sites for hydroxylation is 1. The number of unbranched alkanes of at least 4 members (excludes halogenated alkanes) is 11. The van der Waals surface area contributed by atoms with Crippen molar-refractivity contribution in [2.24, 2.45) is 0 Å². The van der Waals surface area contributed by atoms with Crippen molar-refractivity contribution in [1.82, 2.24) is 15.0 Å². The molecule has 3 nitrogen and oxygen atoms in total. The zero-order valence-corrected chi connectivity index (χ0v) is 34.2. The molecule has 4 aromatic rings. The number of nitrogens with zero attached hydrogens (tertiary/aromatic N) is 3. The molecule has 0 fully saturated rings. The maximum absolute atomic E-state index is 5.21. The molecule has 0 radical (unpaired) electrons. The molecule has 0 bridgehead atoms. The van der Waals surface area contributed by atoms with Crippen LogP contribution in [0.1, 0.15) is 181 Å². The summed E-state index contributed by atoms with van der Waals surface area (Å²) in [7, 11) is 0. The average Bonchev–Trinajstić information content (AvgIpc) is 3.19. The third kappa shape index (κ3) is 11.8. The van der Waals surface area contributed by atoms with Crippen LogP contribution in [0, 0.1) is 0 Å². The molecule has 2 unspecified atom stereocenters. The molecule has 0 aliphatic heterocycles. The zero-order chi connectivity index (χ0) is 37.2. The molecule has 1 heterocycles. The van der Waals surface area contributed by atoms with Gasteiger partial charge in [-0.3, -0.25) is 0 Å². The van der Waals surface area contributed by atoms with Crippen molar-refractivity contribution >= 4 is 0 Å². The first kappa shape index (κ1) is 41.4. The monoisotopic (exact) mass is 702 g/mol. The Morgan fingerprint density at radius 1 is 0.423 bits per heavy atom. The van der Waals surface area contributed by atoms with Gasteiger partial charge in [0, 0.05) is 16.7 Å². The fourth-order valence-corrected chi connectivity index (χ4v) is 7.65. The topological polar surface area (TPSA) is 38.7 Å². The highest BCUT2D eigenvalue weighted by Gasteiger charge is 2.26. The third-order valence-electron chi connectivity index (χ3n) is 12.0. The molecule has 0 saturated heterocycles. The van der Waals surface area contributed by atoms with Crippen molar-refractivity contribution < 1.29 is 0 Å². The second kappa shape index (κ2) is 21.4. The van der Waals surface area contributed by atoms with Crippen LogP contribution in [0.2, 0.25) is 0 Å². The van der Waals surface area contributed by atoms with Crippen LogP contribution in [-0.2, 0) is 17.3 Å². The normalized spacial score (nSPS) is 13.9. The van der Waals surface area contributed by atoms with E-state index >= 15 is 0 Å². The second-order valence-electron chi connectivity index (χ2n) is 16.1. The van der Waals surface area contributed by atoms with Gasteiger partial charge in [0.1, 0.15) is 0 Å². The smallest absolute Gasteiger partial charge is 0.164 e. The molecule has 0 spiro atoms. The van der Waals surface area contributed by atoms with Gasteiger partial charge in [-0.1, -0.05) is 193 Å². The summed E-state index contributed by atoms with van der Waals surface area (Å²) in [5, 5.41) is 0. The Morgan fingerprint density at radius 3 is 1.25 bits per heavy atom. The van der Waals surface area contributed by atoms with Crippen LogP contribution in [0.4, 0.5) is 0 Å². The summed E-state index contributed by atoms with van der Waals surface area (Å²) in [4.78, 5) is 15.6. The van der Waals surface area contributed by atoms with E-state index in [9.17, 15) is 0 Å². The number of aromatic nitrogens is 3. The largest absolute Gasteiger partial charge is 0.208 e.